The summed E-state index contributed by atoms with van der Waals surface area (Å²) in [4.78, 5) is 29.5. The SMILES string of the molecule is COC(=O)CN(C(=O)c1cccc2[nH]ccc12)C1CCCC1. The van der Waals surface area contributed by atoms with E-state index in [0.717, 1.165) is 36.6 Å². The number of carbonyl (C=O) groups is 2. The highest BCUT2D eigenvalue weighted by Crippen LogP contribution is 2.27. The molecule has 0 unspecified atom stereocenters. The number of aromatic amines is 1. The number of esters is 1. The maximum atomic E-state index is 13.0. The van der Waals surface area contributed by atoms with Crippen LogP contribution in [0.15, 0.2) is 30.5 Å². The second-order valence-corrected chi connectivity index (χ2v) is 5.69. The van der Waals surface area contributed by atoms with Gasteiger partial charge in [-0.1, -0.05) is 18.9 Å². The number of nitrogens with one attached hydrogen (secondary N) is 1. The Morgan fingerprint density at radius 1 is 1.27 bits per heavy atom. The molecule has 1 N–H and O–H groups in total. The van der Waals surface area contributed by atoms with E-state index in [1.54, 1.807) is 4.90 Å². The maximum absolute atomic E-state index is 13.0. The summed E-state index contributed by atoms with van der Waals surface area (Å²) in [7, 11) is 1.35. The number of hydrogen-bond acceptors (Lipinski definition) is 3. The molecule has 1 fully saturated rings. The molecule has 0 saturated heterocycles. The van der Waals surface area contributed by atoms with Crippen LogP contribution in [-0.4, -0.2) is 41.5 Å². The quantitative estimate of drug-likeness (QED) is 0.883. The van der Waals surface area contributed by atoms with Gasteiger partial charge >= 0.3 is 5.97 Å². The molecule has 3 rings (SSSR count). The summed E-state index contributed by atoms with van der Waals surface area (Å²) >= 11 is 0. The fraction of sp³-hybridized carbons (Fsp3) is 0.412. The third-order valence-corrected chi connectivity index (χ3v) is 4.38. The van der Waals surface area contributed by atoms with Crippen molar-refractivity contribution < 1.29 is 14.3 Å². The second-order valence-electron chi connectivity index (χ2n) is 5.69. The van der Waals surface area contributed by atoms with Crippen molar-refractivity contribution in [3.05, 3.63) is 36.0 Å². The molecule has 1 aromatic carbocycles. The zero-order valence-corrected chi connectivity index (χ0v) is 12.7. The zero-order chi connectivity index (χ0) is 15.5. The molecular weight excluding hydrogens is 280 g/mol. The predicted octanol–water partition coefficient (Wildman–Crippen LogP) is 2.73. The Morgan fingerprint density at radius 3 is 2.77 bits per heavy atom. The molecule has 1 amide bonds. The van der Waals surface area contributed by atoms with Crippen LogP contribution in [0, 0.1) is 0 Å². The Bertz CT molecular complexity index is 686. The maximum Gasteiger partial charge on any atom is 0.325 e. The van der Waals surface area contributed by atoms with Crippen molar-refractivity contribution in [3.63, 3.8) is 0 Å². The van der Waals surface area contributed by atoms with E-state index < -0.39 is 0 Å². The number of carbonyl (C=O) groups excluding carboxylic acids is 2. The van der Waals surface area contributed by atoms with E-state index in [1.807, 2.05) is 30.5 Å². The Kier molecular flexibility index (Phi) is 4.13. The number of amides is 1. The first kappa shape index (κ1) is 14.6. The molecule has 0 bridgehead atoms. The van der Waals surface area contributed by atoms with Gasteiger partial charge in [-0.15, -0.1) is 0 Å². The summed E-state index contributed by atoms with van der Waals surface area (Å²) < 4.78 is 4.76. The summed E-state index contributed by atoms with van der Waals surface area (Å²) in [5.74, 6) is -0.469. The molecule has 5 heteroatoms. The Balaban J connectivity index is 1.94. The molecule has 0 spiro atoms. The van der Waals surface area contributed by atoms with Crippen LogP contribution in [0.25, 0.3) is 10.9 Å². The van der Waals surface area contributed by atoms with Crippen molar-refractivity contribution in [2.75, 3.05) is 13.7 Å². The number of nitrogens with zero attached hydrogens (tertiary/aromatic N) is 1. The van der Waals surface area contributed by atoms with E-state index in [-0.39, 0.29) is 24.5 Å². The topological polar surface area (TPSA) is 62.4 Å². The van der Waals surface area contributed by atoms with Crippen LogP contribution < -0.4 is 0 Å². The van der Waals surface area contributed by atoms with E-state index in [1.165, 1.54) is 7.11 Å². The van der Waals surface area contributed by atoms with Gasteiger partial charge in [0, 0.05) is 28.7 Å². The molecule has 0 atom stereocenters. The first-order valence-electron chi connectivity index (χ1n) is 7.64. The van der Waals surface area contributed by atoms with Crippen LogP contribution in [0.3, 0.4) is 0 Å². The van der Waals surface area contributed by atoms with Crippen LogP contribution in [0.4, 0.5) is 0 Å². The van der Waals surface area contributed by atoms with Crippen molar-refractivity contribution >= 4 is 22.8 Å². The Labute approximate surface area is 129 Å². The van der Waals surface area contributed by atoms with Gasteiger partial charge in [0.05, 0.1) is 7.11 Å². The van der Waals surface area contributed by atoms with Crippen molar-refractivity contribution in [2.45, 2.75) is 31.7 Å². The fourth-order valence-corrected chi connectivity index (χ4v) is 3.21. The van der Waals surface area contributed by atoms with Crippen LogP contribution in [-0.2, 0) is 9.53 Å². The molecule has 0 radical (unpaired) electrons. The summed E-state index contributed by atoms with van der Waals surface area (Å²) in [6.45, 7) is 0.0147. The van der Waals surface area contributed by atoms with Crippen LogP contribution in [0.1, 0.15) is 36.0 Å². The predicted molar refractivity (Wildman–Crippen MR) is 83.6 cm³/mol. The van der Waals surface area contributed by atoms with E-state index in [0.29, 0.717) is 5.56 Å². The van der Waals surface area contributed by atoms with Crippen LogP contribution >= 0.6 is 0 Å². The van der Waals surface area contributed by atoms with E-state index in [2.05, 4.69) is 4.98 Å². The highest BCUT2D eigenvalue weighted by atomic mass is 16.5. The average Bonchev–Trinajstić information content (AvgIpc) is 3.21. The normalized spacial score (nSPS) is 15.1. The van der Waals surface area contributed by atoms with Gasteiger partial charge in [0.2, 0.25) is 0 Å². The lowest BCUT2D eigenvalue weighted by molar-refractivity contribution is -0.141. The Hall–Kier alpha value is -2.30. The molecule has 1 heterocycles. The monoisotopic (exact) mass is 300 g/mol. The van der Waals surface area contributed by atoms with Crippen molar-refractivity contribution in [2.24, 2.45) is 0 Å². The first-order chi connectivity index (χ1) is 10.7. The standard InChI is InChI=1S/C17H20N2O3/c1-22-16(20)11-19(12-5-2-3-6-12)17(21)14-7-4-8-15-13(14)9-10-18-15/h4,7-10,12,18H,2-3,5-6,11H2,1H3. The summed E-state index contributed by atoms with van der Waals surface area (Å²) in [5.41, 5.74) is 1.56. The highest BCUT2D eigenvalue weighted by molar-refractivity contribution is 6.07. The molecule has 5 nitrogen and oxygen atoms in total. The van der Waals surface area contributed by atoms with E-state index >= 15 is 0 Å². The number of hydrogen-bond donors (Lipinski definition) is 1. The number of fused-ring (bicyclic) bond motifs is 1. The van der Waals surface area contributed by atoms with Gasteiger partial charge in [-0.2, -0.15) is 0 Å². The minimum Gasteiger partial charge on any atom is -0.468 e. The third-order valence-electron chi connectivity index (χ3n) is 4.38. The minimum absolute atomic E-state index is 0.0147. The molecule has 0 aliphatic heterocycles. The molecule has 1 aliphatic rings. The van der Waals surface area contributed by atoms with Gasteiger partial charge in [0.25, 0.3) is 5.91 Å². The van der Waals surface area contributed by atoms with Crippen molar-refractivity contribution in [3.8, 4) is 0 Å². The number of benzene rings is 1. The molecule has 1 saturated carbocycles. The number of H-pyrrole nitrogens is 1. The minimum atomic E-state index is -0.374. The largest absolute Gasteiger partial charge is 0.468 e. The zero-order valence-electron chi connectivity index (χ0n) is 12.7. The Morgan fingerprint density at radius 2 is 2.05 bits per heavy atom. The smallest absolute Gasteiger partial charge is 0.325 e. The molecule has 116 valence electrons. The van der Waals surface area contributed by atoms with Gasteiger partial charge in [-0.3, -0.25) is 9.59 Å². The fourth-order valence-electron chi connectivity index (χ4n) is 3.21. The lowest BCUT2D eigenvalue weighted by Gasteiger charge is -2.28. The first-order valence-corrected chi connectivity index (χ1v) is 7.64. The summed E-state index contributed by atoms with van der Waals surface area (Å²) in [6.07, 6.45) is 5.92. The summed E-state index contributed by atoms with van der Waals surface area (Å²) in [5, 5.41) is 0.889. The lowest BCUT2D eigenvalue weighted by atomic mass is 10.1. The van der Waals surface area contributed by atoms with Crippen LogP contribution in [0.2, 0.25) is 0 Å². The van der Waals surface area contributed by atoms with Gasteiger partial charge in [-0.25, -0.2) is 0 Å². The second kappa shape index (κ2) is 6.22. The molecular formula is C17H20N2O3. The number of rotatable bonds is 4. The van der Waals surface area contributed by atoms with Crippen molar-refractivity contribution in [1.82, 2.24) is 9.88 Å². The number of methoxy groups -OCH3 is 1. The third kappa shape index (κ3) is 2.71. The number of aromatic nitrogens is 1. The van der Waals surface area contributed by atoms with Gasteiger partial charge < -0.3 is 14.6 Å². The number of ether oxygens (including phenoxy) is 1. The molecule has 22 heavy (non-hydrogen) atoms. The highest BCUT2D eigenvalue weighted by Gasteiger charge is 2.30. The van der Waals surface area contributed by atoms with Crippen LogP contribution in [0.5, 0.6) is 0 Å². The van der Waals surface area contributed by atoms with E-state index in [4.69, 9.17) is 4.74 Å². The summed E-state index contributed by atoms with van der Waals surface area (Å²) in [6, 6.07) is 7.63. The van der Waals surface area contributed by atoms with Gasteiger partial charge in [0.15, 0.2) is 0 Å². The molecule has 1 aliphatic carbocycles. The molecule has 1 aromatic heterocycles. The molecule has 2 aromatic rings. The van der Waals surface area contributed by atoms with Gasteiger partial charge in [-0.05, 0) is 31.0 Å². The van der Waals surface area contributed by atoms with Gasteiger partial charge in [0.1, 0.15) is 6.54 Å². The lowest BCUT2D eigenvalue weighted by Crippen LogP contribution is -2.42. The average molecular weight is 300 g/mol. The van der Waals surface area contributed by atoms with E-state index in [9.17, 15) is 9.59 Å². The van der Waals surface area contributed by atoms with Crippen molar-refractivity contribution in [1.29, 1.82) is 0 Å².